The van der Waals surface area contributed by atoms with Gasteiger partial charge in [-0.1, -0.05) is 84.9 Å². The van der Waals surface area contributed by atoms with Crippen LogP contribution in [0.5, 0.6) is 0 Å². The number of benzene rings is 8. The summed E-state index contributed by atoms with van der Waals surface area (Å²) in [6.45, 7) is 0. The van der Waals surface area contributed by atoms with Gasteiger partial charge in [0.2, 0.25) is 0 Å². The summed E-state index contributed by atoms with van der Waals surface area (Å²) in [5.74, 6) is 0. The molecule has 4 heterocycles. The van der Waals surface area contributed by atoms with Gasteiger partial charge in [0.25, 0.3) is 0 Å². The molecule has 12 aromatic rings. The first-order chi connectivity index (χ1) is 27.8. The smallest absolute Gasteiger partial charge is 0.0995 e. The minimum atomic E-state index is 0.897. The van der Waals surface area contributed by atoms with Gasteiger partial charge in [-0.15, -0.1) is 0 Å². The topological polar surface area (TPSA) is 41.1 Å². The van der Waals surface area contributed by atoms with Crippen LogP contribution in [0.15, 0.2) is 194 Å². The second kappa shape index (κ2) is 11.9. The molecule has 4 aromatic heterocycles. The minimum absolute atomic E-state index is 0.897. The van der Waals surface area contributed by atoms with Crippen LogP contribution < -0.4 is 9.80 Å². The Bertz CT molecular complexity index is 3100. The number of nitrogens with zero attached hydrogens (tertiary/aromatic N) is 6. The van der Waals surface area contributed by atoms with Crippen molar-refractivity contribution in [1.29, 1.82) is 0 Å². The van der Waals surface area contributed by atoms with Crippen LogP contribution in [0.4, 0.5) is 34.1 Å². The van der Waals surface area contributed by atoms with Crippen molar-refractivity contribution in [3.63, 3.8) is 0 Å². The Balaban J connectivity index is 1.22. The maximum atomic E-state index is 5.15. The van der Waals surface area contributed by atoms with Gasteiger partial charge in [0.05, 0.1) is 44.1 Å². The van der Waals surface area contributed by atoms with Crippen LogP contribution in [-0.2, 0) is 0 Å². The Morgan fingerprint density at radius 3 is 1.02 bits per heavy atom. The van der Waals surface area contributed by atoms with E-state index in [1.165, 1.54) is 0 Å². The van der Waals surface area contributed by atoms with Gasteiger partial charge < -0.3 is 18.6 Å². The van der Waals surface area contributed by atoms with E-state index in [1.54, 1.807) is 0 Å². The first-order valence-electron chi connectivity index (χ1n) is 18.9. The number of hydrogen-bond donors (Lipinski definition) is 0. The number of hydrogen-bond acceptors (Lipinski definition) is 4. The molecule has 0 atom stereocenters. The maximum absolute atomic E-state index is 5.15. The van der Waals surface area contributed by atoms with Gasteiger partial charge in [-0.05, 0) is 97.1 Å². The largest absolute Gasteiger partial charge is 0.310 e. The summed E-state index contributed by atoms with van der Waals surface area (Å²) >= 11 is 0. The normalized spacial score (nSPS) is 11.9. The van der Waals surface area contributed by atoms with Crippen molar-refractivity contribution in [2.24, 2.45) is 0 Å². The quantitative estimate of drug-likeness (QED) is 0.161. The van der Waals surface area contributed by atoms with Crippen molar-refractivity contribution in [2.75, 3.05) is 9.80 Å². The average Bonchev–Trinajstić information content (AvgIpc) is 3.79. The molecule has 0 spiro atoms. The molecule has 0 aliphatic rings. The number of para-hydroxylation sites is 6. The molecule has 0 saturated heterocycles. The van der Waals surface area contributed by atoms with Crippen molar-refractivity contribution in [1.82, 2.24) is 18.8 Å². The fraction of sp³-hybridized carbons (Fsp3) is 0. The highest BCUT2D eigenvalue weighted by Crippen LogP contribution is 2.48. The summed E-state index contributed by atoms with van der Waals surface area (Å²) in [5, 5.41) is 4.48. The highest BCUT2D eigenvalue weighted by atomic mass is 15.1. The van der Waals surface area contributed by atoms with E-state index in [0.29, 0.717) is 0 Å². The predicted molar refractivity (Wildman–Crippen MR) is 232 cm³/mol. The zero-order chi connectivity index (χ0) is 36.7. The first kappa shape index (κ1) is 30.7. The number of fused-ring (bicyclic) bond motifs is 12. The molecule has 8 aromatic carbocycles. The third-order valence-corrected chi connectivity index (χ3v) is 11.2. The van der Waals surface area contributed by atoms with Crippen LogP contribution in [0.1, 0.15) is 0 Å². The van der Waals surface area contributed by atoms with E-state index in [2.05, 4.69) is 201 Å². The fourth-order valence-corrected chi connectivity index (χ4v) is 9.01. The average molecular weight is 717 g/mol. The molecule has 0 amide bonds. The lowest BCUT2D eigenvalue weighted by Gasteiger charge is -2.25. The van der Waals surface area contributed by atoms with Crippen LogP contribution in [0.2, 0.25) is 0 Å². The van der Waals surface area contributed by atoms with E-state index < -0.39 is 0 Å². The molecular formula is C50H32N6. The summed E-state index contributed by atoms with van der Waals surface area (Å²) in [4.78, 5) is 15.0. The van der Waals surface area contributed by atoms with Crippen molar-refractivity contribution in [3.8, 4) is 0 Å². The zero-order valence-electron chi connectivity index (χ0n) is 30.2. The second-order valence-corrected chi connectivity index (χ2v) is 14.3. The first-order valence-corrected chi connectivity index (χ1v) is 18.9. The predicted octanol–water partition coefficient (Wildman–Crippen LogP) is 13.1. The molecule has 0 aliphatic heterocycles. The van der Waals surface area contributed by atoms with Crippen molar-refractivity contribution in [2.45, 2.75) is 0 Å². The lowest BCUT2D eigenvalue weighted by molar-refractivity contribution is 1.25. The third kappa shape index (κ3) is 4.32. The lowest BCUT2D eigenvalue weighted by atomic mass is 10.0. The summed E-state index contributed by atoms with van der Waals surface area (Å²) in [5.41, 5.74) is 15.2. The maximum Gasteiger partial charge on any atom is 0.0995 e. The SMILES string of the molecule is c1ccc(N(c2ccccc2)c2ccc3c(c2)c2c4nccnc4c4c5cc(N(c6ccccc6)c6ccccc6)ccc5n5c6ccccc6n3c2c45)cc1. The van der Waals surface area contributed by atoms with E-state index >= 15 is 0 Å². The molecule has 12 rings (SSSR count). The molecule has 0 unspecified atom stereocenters. The highest BCUT2D eigenvalue weighted by Gasteiger charge is 2.27. The monoisotopic (exact) mass is 716 g/mol. The van der Waals surface area contributed by atoms with Crippen molar-refractivity contribution in [3.05, 3.63) is 194 Å². The summed E-state index contributed by atoms with van der Waals surface area (Å²) in [7, 11) is 0. The number of anilines is 6. The number of rotatable bonds is 6. The summed E-state index contributed by atoms with van der Waals surface area (Å²) < 4.78 is 4.91. The van der Waals surface area contributed by atoms with Crippen molar-refractivity contribution < 1.29 is 0 Å². The van der Waals surface area contributed by atoms with Crippen LogP contribution in [0, 0.1) is 0 Å². The molecule has 0 aliphatic carbocycles. The van der Waals surface area contributed by atoms with Gasteiger partial charge >= 0.3 is 0 Å². The molecule has 0 radical (unpaired) electrons. The lowest BCUT2D eigenvalue weighted by Crippen LogP contribution is -2.09. The van der Waals surface area contributed by atoms with Gasteiger partial charge in [-0.3, -0.25) is 9.97 Å². The van der Waals surface area contributed by atoms with Gasteiger partial charge in [0, 0.05) is 68.1 Å². The highest BCUT2D eigenvalue weighted by molar-refractivity contribution is 6.36. The zero-order valence-corrected chi connectivity index (χ0v) is 30.2. The van der Waals surface area contributed by atoms with Gasteiger partial charge in [-0.25, -0.2) is 0 Å². The molecule has 0 fully saturated rings. The second-order valence-electron chi connectivity index (χ2n) is 14.3. The van der Waals surface area contributed by atoms with Gasteiger partial charge in [-0.2, -0.15) is 0 Å². The van der Waals surface area contributed by atoms with E-state index in [4.69, 9.17) is 9.97 Å². The molecule has 6 heteroatoms. The molecule has 0 bridgehead atoms. The Morgan fingerprint density at radius 2 is 0.661 bits per heavy atom. The molecule has 56 heavy (non-hydrogen) atoms. The minimum Gasteiger partial charge on any atom is -0.310 e. The van der Waals surface area contributed by atoms with Crippen LogP contribution in [0.3, 0.4) is 0 Å². The third-order valence-electron chi connectivity index (χ3n) is 11.2. The van der Waals surface area contributed by atoms with Gasteiger partial charge in [0.15, 0.2) is 0 Å². The Morgan fingerprint density at radius 1 is 0.321 bits per heavy atom. The summed E-state index contributed by atoms with van der Waals surface area (Å²) in [6, 6.07) is 64.8. The van der Waals surface area contributed by atoms with E-state index in [9.17, 15) is 0 Å². The van der Waals surface area contributed by atoms with E-state index in [0.717, 1.165) is 99.8 Å². The van der Waals surface area contributed by atoms with Crippen LogP contribution >= 0.6 is 0 Å². The Hall–Kier alpha value is -7.70. The Labute approximate surface area is 321 Å². The molecule has 6 nitrogen and oxygen atoms in total. The van der Waals surface area contributed by atoms with E-state index in [1.807, 2.05) is 12.4 Å². The van der Waals surface area contributed by atoms with Gasteiger partial charge in [0.1, 0.15) is 0 Å². The Kier molecular flexibility index (Phi) is 6.53. The molecular weight excluding hydrogens is 685 g/mol. The number of aromatic nitrogens is 4. The van der Waals surface area contributed by atoms with Crippen LogP contribution in [-0.4, -0.2) is 18.8 Å². The van der Waals surface area contributed by atoms with Crippen LogP contribution in [0.25, 0.3) is 65.7 Å². The van der Waals surface area contributed by atoms with E-state index in [-0.39, 0.29) is 0 Å². The summed E-state index contributed by atoms with van der Waals surface area (Å²) in [6.07, 6.45) is 3.66. The molecule has 0 saturated carbocycles. The standard InChI is InChI=1S/C50H32N6/c1-5-15-33(16-6-1)53(34-17-7-2-8-18-34)37-25-27-41-39(31-37)45-47-48(52-30-29-51-47)46-40-32-38(54(35-19-9-3-10-20-35)36-21-11-4-12-22-36)26-28-42(40)56-44-24-14-13-23-43(44)55(41)49(45)50(46)56/h1-32H. The van der Waals surface area contributed by atoms with Crippen molar-refractivity contribution >= 4 is 99.8 Å². The molecule has 0 N–H and O–H groups in total. The molecule has 262 valence electrons. The fourth-order valence-electron chi connectivity index (χ4n) is 9.01.